The molecule has 2 rings (SSSR count). The Kier molecular flexibility index (Phi) is 2.90. The highest BCUT2D eigenvalue weighted by Gasteiger charge is 2.17. The van der Waals surface area contributed by atoms with Crippen molar-refractivity contribution < 1.29 is 14.6 Å². The molecule has 1 saturated heterocycles. The molecule has 5 heteroatoms. The third kappa shape index (κ3) is 2.18. The summed E-state index contributed by atoms with van der Waals surface area (Å²) in [5.74, 6) is 0.484. The van der Waals surface area contributed by atoms with E-state index >= 15 is 0 Å². The van der Waals surface area contributed by atoms with Crippen molar-refractivity contribution in [3.63, 3.8) is 0 Å². The standard InChI is InChI=1S/C9H12N2O3/c12-5-7-3-11-9(4-10-7)14-8-1-2-13-6-8/h3-4,8,12H,1-2,5-6H2. The first-order chi connectivity index (χ1) is 6.88. The SMILES string of the molecule is OCc1cnc(OC2CCOC2)cn1. The lowest BCUT2D eigenvalue weighted by Gasteiger charge is -2.09. The lowest BCUT2D eigenvalue weighted by Crippen LogP contribution is -2.16. The monoisotopic (exact) mass is 196 g/mol. The molecule has 2 heterocycles. The zero-order valence-corrected chi connectivity index (χ0v) is 7.72. The van der Waals surface area contributed by atoms with Gasteiger partial charge < -0.3 is 14.6 Å². The van der Waals surface area contributed by atoms with E-state index in [-0.39, 0.29) is 12.7 Å². The minimum atomic E-state index is -0.0974. The van der Waals surface area contributed by atoms with E-state index in [1.807, 2.05) is 0 Å². The fourth-order valence-electron chi connectivity index (χ4n) is 1.26. The van der Waals surface area contributed by atoms with Crippen LogP contribution in [0.15, 0.2) is 12.4 Å². The molecule has 5 nitrogen and oxygen atoms in total. The molecule has 0 radical (unpaired) electrons. The summed E-state index contributed by atoms with van der Waals surface area (Å²) in [7, 11) is 0. The molecule has 0 amide bonds. The average molecular weight is 196 g/mol. The van der Waals surface area contributed by atoms with E-state index in [0.29, 0.717) is 18.2 Å². The predicted molar refractivity (Wildman–Crippen MR) is 47.8 cm³/mol. The van der Waals surface area contributed by atoms with Gasteiger partial charge in [0.1, 0.15) is 6.10 Å². The molecule has 1 aliphatic rings. The third-order valence-electron chi connectivity index (χ3n) is 2.02. The topological polar surface area (TPSA) is 64.5 Å². The Morgan fingerprint density at radius 1 is 1.50 bits per heavy atom. The van der Waals surface area contributed by atoms with E-state index in [1.54, 1.807) is 0 Å². The van der Waals surface area contributed by atoms with Gasteiger partial charge in [0.05, 0.1) is 37.9 Å². The van der Waals surface area contributed by atoms with Gasteiger partial charge in [-0.05, 0) is 0 Å². The summed E-state index contributed by atoms with van der Waals surface area (Å²) in [6.45, 7) is 1.26. The Labute approximate surface area is 81.7 Å². The number of aliphatic hydroxyl groups is 1. The van der Waals surface area contributed by atoms with Crippen LogP contribution in [0.2, 0.25) is 0 Å². The third-order valence-corrected chi connectivity index (χ3v) is 2.02. The van der Waals surface area contributed by atoms with Gasteiger partial charge in [-0.25, -0.2) is 4.98 Å². The number of aromatic nitrogens is 2. The first-order valence-corrected chi connectivity index (χ1v) is 4.54. The molecule has 0 aliphatic carbocycles. The number of hydrogen-bond donors (Lipinski definition) is 1. The largest absolute Gasteiger partial charge is 0.471 e. The van der Waals surface area contributed by atoms with Crippen LogP contribution in [0.1, 0.15) is 12.1 Å². The van der Waals surface area contributed by atoms with Crippen molar-refractivity contribution in [3.05, 3.63) is 18.1 Å². The molecule has 1 aliphatic heterocycles. The molecule has 0 aromatic carbocycles. The smallest absolute Gasteiger partial charge is 0.232 e. The molecular formula is C9H12N2O3. The van der Waals surface area contributed by atoms with Gasteiger partial charge in [0.25, 0.3) is 0 Å². The van der Waals surface area contributed by atoms with Crippen LogP contribution in [0.4, 0.5) is 0 Å². The van der Waals surface area contributed by atoms with Gasteiger partial charge in [0.2, 0.25) is 5.88 Å². The van der Waals surface area contributed by atoms with Crippen molar-refractivity contribution in [1.29, 1.82) is 0 Å². The van der Waals surface area contributed by atoms with E-state index < -0.39 is 0 Å². The van der Waals surface area contributed by atoms with Crippen LogP contribution in [-0.4, -0.2) is 34.4 Å². The van der Waals surface area contributed by atoms with E-state index in [9.17, 15) is 0 Å². The van der Waals surface area contributed by atoms with Gasteiger partial charge in [-0.3, -0.25) is 4.98 Å². The fraction of sp³-hybridized carbons (Fsp3) is 0.556. The van der Waals surface area contributed by atoms with Gasteiger partial charge in [0, 0.05) is 6.42 Å². The van der Waals surface area contributed by atoms with Crippen LogP contribution < -0.4 is 4.74 Å². The fourth-order valence-corrected chi connectivity index (χ4v) is 1.26. The molecule has 1 N–H and O–H groups in total. The van der Waals surface area contributed by atoms with E-state index in [1.165, 1.54) is 12.4 Å². The average Bonchev–Trinajstić information content (AvgIpc) is 2.72. The molecule has 1 aromatic heterocycles. The summed E-state index contributed by atoms with van der Waals surface area (Å²) in [6.07, 6.45) is 4.00. The quantitative estimate of drug-likeness (QED) is 0.744. The van der Waals surface area contributed by atoms with Crippen molar-refractivity contribution in [3.8, 4) is 5.88 Å². The van der Waals surface area contributed by atoms with Crippen LogP contribution >= 0.6 is 0 Å². The van der Waals surface area contributed by atoms with E-state index in [2.05, 4.69) is 9.97 Å². The van der Waals surface area contributed by atoms with Crippen molar-refractivity contribution in [1.82, 2.24) is 9.97 Å². The zero-order valence-electron chi connectivity index (χ0n) is 7.72. The van der Waals surface area contributed by atoms with Crippen molar-refractivity contribution in [2.45, 2.75) is 19.1 Å². The van der Waals surface area contributed by atoms with Crippen molar-refractivity contribution in [2.75, 3.05) is 13.2 Å². The minimum absolute atomic E-state index is 0.0873. The maximum Gasteiger partial charge on any atom is 0.232 e. The number of nitrogens with zero attached hydrogens (tertiary/aromatic N) is 2. The summed E-state index contributed by atoms with van der Waals surface area (Å²) < 4.78 is 10.7. The first kappa shape index (κ1) is 9.36. The van der Waals surface area contributed by atoms with Crippen LogP contribution in [0.5, 0.6) is 5.88 Å². The molecule has 1 aromatic rings. The van der Waals surface area contributed by atoms with Gasteiger partial charge in [-0.1, -0.05) is 0 Å². The number of hydrogen-bond acceptors (Lipinski definition) is 5. The molecule has 0 bridgehead atoms. The maximum atomic E-state index is 8.75. The molecule has 14 heavy (non-hydrogen) atoms. The van der Waals surface area contributed by atoms with Gasteiger partial charge >= 0.3 is 0 Å². The Morgan fingerprint density at radius 3 is 3.00 bits per heavy atom. The lowest BCUT2D eigenvalue weighted by atomic mass is 10.3. The second-order valence-corrected chi connectivity index (χ2v) is 3.11. The Balaban J connectivity index is 1.95. The molecule has 0 saturated carbocycles. The zero-order chi connectivity index (χ0) is 9.80. The van der Waals surface area contributed by atoms with Crippen LogP contribution in [0.25, 0.3) is 0 Å². The van der Waals surface area contributed by atoms with Gasteiger partial charge in [-0.15, -0.1) is 0 Å². The minimum Gasteiger partial charge on any atom is -0.471 e. The normalized spacial score (nSPS) is 21.1. The lowest BCUT2D eigenvalue weighted by molar-refractivity contribution is 0.137. The number of rotatable bonds is 3. The first-order valence-electron chi connectivity index (χ1n) is 4.54. The van der Waals surface area contributed by atoms with Crippen LogP contribution in [-0.2, 0) is 11.3 Å². The van der Waals surface area contributed by atoms with Gasteiger partial charge in [0.15, 0.2) is 0 Å². The Hall–Kier alpha value is -1.20. The van der Waals surface area contributed by atoms with Crippen molar-refractivity contribution >= 4 is 0 Å². The molecule has 1 unspecified atom stereocenters. The molecule has 0 spiro atoms. The number of aliphatic hydroxyl groups excluding tert-OH is 1. The summed E-state index contributed by atoms with van der Waals surface area (Å²) in [5, 5.41) is 8.75. The van der Waals surface area contributed by atoms with E-state index in [0.717, 1.165) is 13.0 Å². The van der Waals surface area contributed by atoms with Gasteiger partial charge in [-0.2, -0.15) is 0 Å². The Morgan fingerprint density at radius 2 is 2.43 bits per heavy atom. The molecular weight excluding hydrogens is 184 g/mol. The molecule has 76 valence electrons. The highest BCUT2D eigenvalue weighted by atomic mass is 16.5. The van der Waals surface area contributed by atoms with Crippen LogP contribution in [0, 0.1) is 0 Å². The highest BCUT2D eigenvalue weighted by molar-refractivity contribution is 5.07. The molecule has 1 fully saturated rings. The van der Waals surface area contributed by atoms with Crippen LogP contribution in [0.3, 0.4) is 0 Å². The second-order valence-electron chi connectivity index (χ2n) is 3.11. The summed E-state index contributed by atoms with van der Waals surface area (Å²) >= 11 is 0. The number of ether oxygens (including phenoxy) is 2. The maximum absolute atomic E-state index is 8.75. The van der Waals surface area contributed by atoms with Crippen molar-refractivity contribution in [2.24, 2.45) is 0 Å². The van der Waals surface area contributed by atoms with E-state index in [4.69, 9.17) is 14.6 Å². The predicted octanol–water partition coefficient (Wildman–Crippen LogP) is 0.137. The second kappa shape index (κ2) is 4.34. The summed E-state index contributed by atoms with van der Waals surface area (Å²) in [6, 6.07) is 0. The Bertz CT molecular complexity index is 283. The summed E-state index contributed by atoms with van der Waals surface area (Å²) in [4.78, 5) is 7.97. The molecule has 1 atom stereocenters. The summed E-state index contributed by atoms with van der Waals surface area (Å²) in [5.41, 5.74) is 0.542. The highest BCUT2D eigenvalue weighted by Crippen LogP contribution is 2.12.